The van der Waals surface area contributed by atoms with Crippen molar-refractivity contribution in [2.45, 2.75) is 51.8 Å². The number of aromatic nitrogens is 2. The first-order valence-corrected chi connectivity index (χ1v) is 9.61. The van der Waals surface area contributed by atoms with Gasteiger partial charge in [-0.3, -0.25) is 4.90 Å². The van der Waals surface area contributed by atoms with Gasteiger partial charge in [0.2, 0.25) is 0 Å². The van der Waals surface area contributed by atoms with E-state index >= 15 is 0 Å². The fraction of sp³-hybridized carbons (Fsp3) is 0.571. The fourth-order valence-electron chi connectivity index (χ4n) is 4.94. The smallest absolute Gasteiger partial charge is 0.0948 e. The van der Waals surface area contributed by atoms with E-state index in [1.807, 2.05) is 12.5 Å². The van der Waals surface area contributed by atoms with E-state index in [0.717, 1.165) is 44.6 Å². The lowest BCUT2D eigenvalue weighted by molar-refractivity contribution is -0.0648. The number of hydrogen-bond donors (Lipinski definition) is 1. The third kappa shape index (κ3) is 3.02. The Labute approximate surface area is 150 Å². The molecule has 1 aliphatic heterocycles. The lowest BCUT2D eigenvalue weighted by atomic mass is 9.67. The van der Waals surface area contributed by atoms with E-state index < -0.39 is 5.60 Å². The maximum absolute atomic E-state index is 11.6. The molecule has 4 nitrogen and oxygen atoms in total. The molecule has 3 atom stereocenters. The third-order valence-electron chi connectivity index (χ3n) is 6.34. The Hall–Kier alpha value is -1.65. The van der Waals surface area contributed by atoms with Crippen molar-refractivity contribution in [2.75, 3.05) is 13.1 Å². The number of aliphatic hydroxyl groups is 1. The molecule has 0 bridgehead atoms. The molecule has 0 unspecified atom stereocenters. The molecule has 0 spiro atoms. The molecule has 0 amide bonds. The molecular weight excluding hydrogens is 310 g/mol. The van der Waals surface area contributed by atoms with Crippen molar-refractivity contribution in [1.29, 1.82) is 0 Å². The van der Waals surface area contributed by atoms with Crippen LogP contribution in [0.5, 0.6) is 0 Å². The standard InChI is InChI=1S/C21H29N3O/c1-3-24-15-22-11-19(24)13-23-12-17-5-4-10-21(25,20(17)14-23)18-8-6-16(2)7-9-18/h6-9,11,15,17,20,25H,3-5,10,12-14H2,1-2H3/t17-,20+,21+/m0/s1. The summed E-state index contributed by atoms with van der Waals surface area (Å²) in [5.74, 6) is 0.931. The molecule has 2 aliphatic rings. The lowest BCUT2D eigenvalue weighted by Gasteiger charge is -2.41. The van der Waals surface area contributed by atoms with Gasteiger partial charge in [-0.2, -0.15) is 0 Å². The summed E-state index contributed by atoms with van der Waals surface area (Å²) in [5.41, 5.74) is 2.96. The molecule has 2 fully saturated rings. The predicted molar refractivity (Wildman–Crippen MR) is 99.1 cm³/mol. The van der Waals surface area contributed by atoms with Crippen LogP contribution in [0.25, 0.3) is 0 Å². The molecule has 1 aliphatic carbocycles. The molecule has 1 N–H and O–H groups in total. The van der Waals surface area contributed by atoms with Crippen molar-refractivity contribution in [1.82, 2.24) is 14.5 Å². The largest absolute Gasteiger partial charge is 0.385 e. The van der Waals surface area contributed by atoms with Gasteiger partial charge in [0.1, 0.15) is 0 Å². The first-order chi connectivity index (χ1) is 12.1. The van der Waals surface area contributed by atoms with Gasteiger partial charge < -0.3 is 9.67 Å². The van der Waals surface area contributed by atoms with Gasteiger partial charge in [0.05, 0.1) is 17.6 Å². The quantitative estimate of drug-likeness (QED) is 0.929. The van der Waals surface area contributed by atoms with Gasteiger partial charge in [0.15, 0.2) is 0 Å². The SMILES string of the molecule is CCn1cncc1CN1C[C@@H]2CCC[C@@](O)(c3ccc(C)cc3)[C@@H]2C1. The van der Waals surface area contributed by atoms with Crippen LogP contribution >= 0.6 is 0 Å². The van der Waals surface area contributed by atoms with Crippen LogP contribution in [0.4, 0.5) is 0 Å². The highest BCUT2D eigenvalue weighted by Crippen LogP contribution is 2.48. The maximum Gasteiger partial charge on any atom is 0.0948 e. The van der Waals surface area contributed by atoms with Gasteiger partial charge in [0.25, 0.3) is 0 Å². The number of aryl methyl sites for hydroxylation is 2. The zero-order valence-electron chi connectivity index (χ0n) is 15.4. The van der Waals surface area contributed by atoms with Crippen LogP contribution in [0.3, 0.4) is 0 Å². The second-order valence-electron chi connectivity index (χ2n) is 7.91. The normalized spacial score (nSPS) is 29.7. The van der Waals surface area contributed by atoms with Crippen molar-refractivity contribution >= 4 is 0 Å². The van der Waals surface area contributed by atoms with Crippen LogP contribution < -0.4 is 0 Å². The number of nitrogens with zero attached hydrogens (tertiary/aromatic N) is 3. The molecule has 4 rings (SSSR count). The Morgan fingerprint density at radius 2 is 2.04 bits per heavy atom. The van der Waals surface area contributed by atoms with E-state index in [1.54, 1.807) is 0 Å². The van der Waals surface area contributed by atoms with Gasteiger partial charge in [-0.15, -0.1) is 0 Å². The van der Waals surface area contributed by atoms with Gasteiger partial charge >= 0.3 is 0 Å². The van der Waals surface area contributed by atoms with E-state index in [2.05, 4.69) is 52.6 Å². The first kappa shape index (κ1) is 16.8. The lowest BCUT2D eigenvalue weighted by Crippen LogP contribution is -2.42. The van der Waals surface area contributed by atoms with Crippen LogP contribution in [0.15, 0.2) is 36.8 Å². The molecule has 2 aromatic rings. The minimum Gasteiger partial charge on any atom is -0.385 e. The third-order valence-corrected chi connectivity index (χ3v) is 6.34. The highest BCUT2D eigenvalue weighted by Gasteiger charge is 2.49. The van der Waals surface area contributed by atoms with Crippen molar-refractivity contribution in [3.63, 3.8) is 0 Å². The Morgan fingerprint density at radius 1 is 1.24 bits per heavy atom. The summed E-state index contributed by atoms with van der Waals surface area (Å²) in [6, 6.07) is 8.52. The van der Waals surface area contributed by atoms with Crippen molar-refractivity contribution in [3.05, 3.63) is 53.6 Å². The Kier molecular flexibility index (Phi) is 4.42. The van der Waals surface area contributed by atoms with Crippen LogP contribution in [-0.2, 0) is 18.7 Å². The average molecular weight is 339 g/mol. The molecule has 1 aromatic carbocycles. The van der Waals surface area contributed by atoms with Crippen molar-refractivity contribution in [2.24, 2.45) is 11.8 Å². The summed E-state index contributed by atoms with van der Waals surface area (Å²) in [6.07, 6.45) is 7.14. The van der Waals surface area contributed by atoms with E-state index in [4.69, 9.17) is 0 Å². The minimum absolute atomic E-state index is 0.335. The number of rotatable bonds is 4. The maximum atomic E-state index is 11.6. The number of fused-ring (bicyclic) bond motifs is 1. The van der Waals surface area contributed by atoms with E-state index in [1.165, 1.54) is 17.7 Å². The Morgan fingerprint density at radius 3 is 2.80 bits per heavy atom. The molecule has 1 saturated heterocycles. The van der Waals surface area contributed by atoms with Crippen LogP contribution in [0, 0.1) is 18.8 Å². The zero-order valence-corrected chi connectivity index (χ0v) is 15.4. The zero-order chi connectivity index (χ0) is 17.4. The van der Waals surface area contributed by atoms with Gasteiger partial charge in [-0.05, 0) is 44.6 Å². The van der Waals surface area contributed by atoms with Crippen molar-refractivity contribution < 1.29 is 5.11 Å². The molecule has 25 heavy (non-hydrogen) atoms. The minimum atomic E-state index is -0.670. The van der Waals surface area contributed by atoms with Gasteiger partial charge in [0, 0.05) is 38.3 Å². The summed E-state index contributed by atoms with van der Waals surface area (Å²) >= 11 is 0. The molecule has 1 aromatic heterocycles. The number of benzene rings is 1. The van der Waals surface area contributed by atoms with E-state index in [0.29, 0.717) is 11.8 Å². The molecule has 4 heteroatoms. The van der Waals surface area contributed by atoms with Crippen LogP contribution in [0.2, 0.25) is 0 Å². The Balaban J connectivity index is 1.55. The summed E-state index contributed by atoms with van der Waals surface area (Å²) < 4.78 is 2.22. The molecule has 134 valence electrons. The van der Waals surface area contributed by atoms with Crippen LogP contribution in [-0.4, -0.2) is 32.6 Å². The molecule has 0 radical (unpaired) electrons. The van der Waals surface area contributed by atoms with E-state index in [9.17, 15) is 5.11 Å². The second kappa shape index (κ2) is 6.58. The molecule has 1 saturated carbocycles. The summed E-state index contributed by atoms with van der Waals surface area (Å²) in [7, 11) is 0. The Bertz CT molecular complexity index is 723. The monoisotopic (exact) mass is 339 g/mol. The van der Waals surface area contributed by atoms with Crippen molar-refractivity contribution in [3.8, 4) is 0 Å². The summed E-state index contributed by atoms with van der Waals surface area (Å²) in [4.78, 5) is 6.81. The molecular formula is C21H29N3O. The highest BCUT2D eigenvalue weighted by molar-refractivity contribution is 5.28. The second-order valence-corrected chi connectivity index (χ2v) is 7.91. The first-order valence-electron chi connectivity index (χ1n) is 9.61. The summed E-state index contributed by atoms with van der Waals surface area (Å²) in [6.45, 7) is 8.22. The number of likely N-dealkylation sites (tertiary alicyclic amines) is 1. The predicted octanol–water partition coefficient (Wildman–Crippen LogP) is 3.33. The van der Waals surface area contributed by atoms with Crippen LogP contribution in [0.1, 0.15) is 43.0 Å². The average Bonchev–Trinajstić information content (AvgIpc) is 3.23. The number of hydrogen-bond acceptors (Lipinski definition) is 3. The highest BCUT2D eigenvalue weighted by atomic mass is 16.3. The summed E-state index contributed by atoms with van der Waals surface area (Å²) in [5, 5.41) is 11.6. The van der Waals surface area contributed by atoms with Gasteiger partial charge in [-0.25, -0.2) is 4.98 Å². The van der Waals surface area contributed by atoms with Gasteiger partial charge in [-0.1, -0.05) is 29.8 Å². The van der Waals surface area contributed by atoms with E-state index in [-0.39, 0.29) is 0 Å². The molecule has 2 heterocycles. The number of imidazole rings is 1. The fourth-order valence-corrected chi connectivity index (χ4v) is 4.94. The topological polar surface area (TPSA) is 41.3 Å².